The molecule has 0 spiro atoms. The van der Waals surface area contributed by atoms with Crippen molar-refractivity contribution in [2.45, 2.75) is 37.8 Å². The van der Waals surface area contributed by atoms with E-state index in [9.17, 15) is 0 Å². The molecule has 3 aromatic carbocycles. The molecule has 0 aromatic heterocycles. The van der Waals surface area contributed by atoms with Crippen LogP contribution in [0.4, 0.5) is 0 Å². The second-order valence-corrected chi connectivity index (χ2v) is 8.46. The first-order chi connectivity index (χ1) is 14.1. The molecular weight excluding hydrogens is 401 g/mol. The molecule has 0 aliphatic heterocycles. The molecule has 1 N–H and O–H groups in total. The van der Waals surface area contributed by atoms with Crippen LogP contribution in [0.1, 0.15) is 60.0 Å². The third-order valence-corrected chi connectivity index (χ3v) is 6.64. The van der Waals surface area contributed by atoms with Crippen LogP contribution in [0, 0.1) is 0 Å². The number of hydrogen-bond donors (Lipinski definition) is 1. The second kappa shape index (κ2) is 8.79. The van der Waals surface area contributed by atoms with Crippen LogP contribution in [0.15, 0.2) is 66.7 Å². The normalized spacial score (nSPS) is 19.4. The van der Waals surface area contributed by atoms with Gasteiger partial charge in [0.1, 0.15) is 5.75 Å². The highest BCUT2D eigenvalue weighted by Gasteiger charge is 2.29. The lowest BCUT2D eigenvalue weighted by molar-refractivity contribution is 0.400. The number of ether oxygens (including phenoxy) is 1. The van der Waals surface area contributed by atoms with E-state index in [1.165, 1.54) is 22.3 Å². The Hall–Kier alpha value is -2.00. The predicted molar refractivity (Wildman–Crippen MR) is 121 cm³/mol. The molecule has 0 saturated carbocycles. The Balaban J connectivity index is 1.58. The monoisotopic (exact) mass is 425 g/mol. The highest BCUT2D eigenvalue weighted by atomic mass is 35.5. The van der Waals surface area contributed by atoms with Gasteiger partial charge in [0.15, 0.2) is 0 Å². The van der Waals surface area contributed by atoms with Crippen LogP contribution in [-0.2, 0) is 0 Å². The zero-order chi connectivity index (χ0) is 20.4. The summed E-state index contributed by atoms with van der Waals surface area (Å²) in [6, 6.07) is 23.6. The van der Waals surface area contributed by atoms with E-state index in [-0.39, 0.29) is 6.04 Å². The molecule has 4 rings (SSSR count). The van der Waals surface area contributed by atoms with Gasteiger partial charge in [0.05, 0.1) is 17.2 Å². The average molecular weight is 426 g/mol. The Morgan fingerprint density at radius 2 is 1.62 bits per heavy atom. The fourth-order valence-corrected chi connectivity index (χ4v) is 4.64. The zero-order valence-electron chi connectivity index (χ0n) is 16.7. The summed E-state index contributed by atoms with van der Waals surface area (Å²) in [5.41, 5.74) is 5.23. The standard InChI is InChI=1S/C25H25Cl2NO/c1-16(17-7-10-19(29-2)11-8-17)28-25-14-12-20(21-5-3-4-6-22(21)25)18-9-13-23(26)24(27)15-18/h3-11,13,15-16,20,25,28H,12,14H2,1-2H3/t16-,20+,25+/m0/s1. The molecule has 0 saturated heterocycles. The van der Waals surface area contributed by atoms with Gasteiger partial charge in [-0.1, -0.05) is 65.7 Å². The lowest BCUT2D eigenvalue weighted by atomic mass is 9.76. The summed E-state index contributed by atoms with van der Waals surface area (Å²) in [5, 5.41) is 5.06. The number of methoxy groups -OCH3 is 1. The number of halogens is 2. The smallest absolute Gasteiger partial charge is 0.118 e. The van der Waals surface area contributed by atoms with Gasteiger partial charge in [0.25, 0.3) is 0 Å². The molecule has 0 fully saturated rings. The van der Waals surface area contributed by atoms with Crippen molar-refractivity contribution in [2.75, 3.05) is 7.11 Å². The van der Waals surface area contributed by atoms with Crippen molar-refractivity contribution in [1.82, 2.24) is 5.32 Å². The second-order valence-electron chi connectivity index (χ2n) is 7.65. The van der Waals surface area contributed by atoms with Crippen LogP contribution >= 0.6 is 23.2 Å². The molecule has 0 amide bonds. The first-order valence-electron chi connectivity index (χ1n) is 10.0. The molecule has 2 nitrogen and oxygen atoms in total. The van der Waals surface area contributed by atoms with Crippen molar-refractivity contribution in [3.05, 3.63) is 99.0 Å². The predicted octanol–water partition coefficient (Wildman–Crippen LogP) is 7.32. The third kappa shape index (κ3) is 4.30. The van der Waals surface area contributed by atoms with E-state index in [0.717, 1.165) is 18.6 Å². The highest BCUT2D eigenvalue weighted by molar-refractivity contribution is 6.42. The van der Waals surface area contributed by atoms with Gasteiger partial charge >= 0.3 is 0 Å². The van der Waals surface area contributed by atoms with Crippen molar-refractivity contribution in [2.24, 2.45) is 0 Å². The lowest BCUT2D eigenvalue weighted by Crippen LogP contribution is -2.29. The Kier molecular flexibility index (Phi) is 6.15. The molecule has 4 heteroatoms. The van der Waals surface area contributed by atoms with Gasteiger partial charge in [-0.3, -0.25) is 0 Å². The summed E-state index contributed by atoms with van der Waals surface area (Å²) in [7, 11) is 1.69. The molecule has 3 atom stereocenters. The Morgan fingerprint density at radius 1 is 0.897 bits per heavy atom. The van der Waals surface area contributed by atoms with E-state index in [1.54, 1.807) is 7.11 Å². The SMILES string of the molecule is COc1ccc([C@H](C)N[C@@H]2CC[C@H](c3ccc(Cl)c(Cl)c3)c3ccccc32)cc1. The van der Waals surface area contributed by atoms with Crippen LogP contribution in [0.5, 0.6) is 5.75 Å². The minimum Gasteiger partial charge on any atom is -0.497 e. The van der Waals surface area contributed by atoms with Crippen LogP contribution in [0.3, 0.4) is 0 Å². The van der Waals surface area contributed by atoms with Gasteiger partial charge in [0.2, 0.25) is 0 Å². The summed E-state index contributed by atoms with van der Waals surface area (Å²) in [6.45, 7) is 2.22. The summed E-state index contributed by atoms with van der Waals surface area (Å²) >= 11 is 12.4. The Morgan fingerprint density at radius 3 is 2.31 bits per heavy atom. The van der Waals surface area contributed by atoms with Gasteiger partial charge in [-0.2, -0.15) is 0 Å². The third-order valence-electron chi connectivity index (χ3n) is 5.90. The Bertz CT molecular complexity index is 986. The van der Waals surface area contributed by atoms with Crippen LogP contribution in [-0.4, -0.2) is 7.11 Å². The van der Waals surface area contributed by atoms with Crippen molar-refractivity contribution >= 4 is 23.2 Å². The van der Waals surface area contributed by atoms with Gasteiger partial charge in [-0.05, 0) is 66.3 Å². The van der Waals surface area contributed by atoms with Gasteiger partial charge < -0.3 is 10.1 Å². The van der Waals surface area contributed by atoms with E-state index < -0.39 is 0 Å². The van der Waals surface area contributed by atoms with Gasteiger partial charge in [0, 0.05) is 18.0 Å². The fourth-order valence-electron chi connectivity index (χ4n) is 4.33. The minimum absolute atomic E-state index is 0.250. The molecule has 150 valence electrons. The molecule has 0 bridgehead atoms. The topological polar surface area (TPSA) is 21.3 Å². The van der Waals surface area contributed by atoms with E-state index in [0.29, 0.717) is 22.0 Å². The minimum atomic E-state index is 0.250. The molecule has 1 aliphatic carbocycles. The maximum absolute atomic E-state index is 6.29. The number of fused-ring (bicyclic) bond motifs is 1. The van der Waals surface area contributed by atoms with Crippen molar-refractivity contribution in [1.29, 1.82) is 0 Å². The van der Waals surface area contributed by atoms with Crippen LogP contribution in [0.25, 0.3) is 0 Å². The van der Waals surface area contributed by atoms with Gasteiger partial charge in [-0.25, -0.2) is 0 Å². The summed E-state index contributed by atoms with van der Waals surface area (Å²) in [4.78, 5) is 0. The van der Waals surface area contributed by atoms with Crippen LogP contribution in [0.2, 0.25) is 10.0 Å². The first-order valence-corrected chi connectivity index (χ1v) is 10.8. The first kappa shape index (κ1) is 20.3. The zero-order valence-corrected chi connectivity index (χ0v) is 18.2. The lowest BCUT2D eigenvalue weighted by Gasteiger charge is -2.34. The largest absolute Gasteiger partial charge is 0.497 e. The van der Waals surface area contributed by atoms with Gasteiger partial charge in [-0.15, -0.1) is 0 Å². The molecular formula is C25H25Cl2NO. The van der Waals surface area contributed by atoms with Crippen molar-refractivity contribution in [3.8, 4) is 5.75 Å². The summed E-state index contributed by atoms with van der Waals surface area (Å²) in [5.74, 6) is 1.23. The molecule has 29 heavy (non-hydrogen) atoms. The van der Waals surface area contributed by atoms with E-state index in [2.05, 4.69) is 54.7 Å². The Labute approximate surface area is 182 Å². The maximum Gasteiger partial charge on any atom is 0.118 e. The molecule has 0 radical (unpaired) electrons. The van der Waals surface area contributed by atoms with E-state index in [1.807, 2.05) is 24.3 Å². The summed E-state index contributed by atoms with van der Waals surface area (Å²) in [6.07, 6.45) is 2.14. The average Bonchev–Trinajstić information content (AvgIpc) is 2.76. The van der Waals surface area contributed by atoms with E-state index >= 15 is 0 Å². The molecule has 0 unspecified atom stereocenters. The molecule has 0 heterocycles. The quantitative estimate of drug-likeness (QED) is 0.462. The van der Waals surface area contributed by atoms with Crippen molar-refractivity contribution < 1.29 is 4.74 Å². The van der Waals surface area contributed by atoms with Crippen molar-refractivity contribution in [3.63, 3.8) is 0 Å². The van der Waals surface area contributed by atoms with Crippen LogP contribution < -0.4 is 10.1 Å². The fraction of sp³-hybridized carbons (Fsp3) is 0.280. The highest BCUT2D eigenvalue weighted by Crippen LogP contribution is 2.43. The number of rotatable bonds is 5. The molecule has 3 aromatic rings. The number of nitrogens with one attached hydrogen (secondary N) is 1. The summed E-state index contributed by atoms with van der Waals surface area (Å²) < 4.78 is 5.28. The number of benzene rings is 3. The van der Waals surface area contributed by atoms with E-state index in [4.69, 9.17) is 27.9 Å². The number of hydrogen-bond acceptors (Lipinski definition) is 2. The maximum atomic E-state index is 6.29. The molecule has 1 aliphatic rings.